The lowest BCUT2D eigenvalue weighted by Crippen LogP contribution is -2.27. The van der Waals surface area contributed by atoms with Crippen molar-refractivity contribution in [3.05, 3.63) is 36.4 Å². The monoisotopic (exact) mass is 282 g/mol. The van der Waals surface area contributed by atoms with Crippen LogP contribution in [0.25, 0.3) is 0 Å². The van der Waals surface area contributed by atoms with Crippen molar-refractivity contribution in [2.75, 3.05) is 12.8 Å². The molecule has 0 aliphatic heterocycles. The maximum Gasteiger partial charge on any atom is 0.243 e. The molecule has 7 nitrogen and oxygen atoms in total. The first-order valence-corrected chi connectivity index (χ1v) is 6.88. The molecule has 0 bridgehead atoms. The van der Waals surface area contributed by atoms with Gasteiger partial charge in [-0.3, -0.25) is 0 Å². The van der Waals surface area contributed by atoms with E-state index in [-0.39, 0.29) is 22.9 Å². The van der Waals surface area contributed by atoms with Crippen LogP contribution in [0.15, 0.2) is 35.5 Å². The second-order valence-corrected chi connectivity index (χ2v) is 6.06. The molecular formula is C11H14N4O3S. The van der Waals surface area contributed by atoms with Gasteiger partial charge in [-0.2, -0.15) is 4.31 Å². The minimum absolute atomic E-state index is 0.0208. The number of rotatable bonds is 4. The van der Waals surface area contributed by atoms with Crippen molar-refractivity contribution in [3.8, 4) is 5.75 Å². The van der Waals surface area contributed by atoms with Crippen LogP contribution in [-0.2, 0) is 16.6 Å². The van der Waals surface area contributed by atoms with Gasteiger partial charge in [-0.25, -0.2) is 13.4 Å². The second kappa shape index (κ2) is 4.90. The third kappa shape index (κ3) is 2.69. The third-order valence-electron chi connectivity index (χ3n) is 2.63. The lowest BCUT2D eigenvalue weighted by molar-refractivity contribution is 0.457. The molecule has 4 N–H and O–H groups in total. The van der Waals surface area contributed by atoms with E-state index in [1.165, 1.54) is 25.2 Å². The topological polar surface area (TPSA) is 112 Å². The van der Waals surface area contributed by atoms with Gasteiger partial charge in [0.25, 0.3) is 0 Å². The zero-order chi connectivity index (χ0) is 14.0. The Kier molecular flexibility index (Phi) is 3.45. The van der Waals surface area contributed by atoms with Gasteiger partial charge in [-0.1, -0.05) is 0 Å². The summed E-state index contributed by atoms with van der Waals surface area (Å²) >= 11 is 0. The summed E-state index contributed by atoms with van der Waals surface area (Å²) in [7, 11) is -2.23. The van der Waals surface area contributed by atoms with Crippen molar-refractivity contribution in [1.29, 1.82) is 0 Å². The number of benzene rings is 1. The van der Waals surface area contributed by atoms with Gasteiger partial charge in [0.1, 0.15) is 11.6 Å². The molecule has 1 aromatic carbocycles. The van der Waals surface area contributed by atoms with E-state index in [1.54, 1.807) is 12.4 Å². The molecule has 19 heavy (non-hydrogen) atoms. The highest BCUT2D eigenvalue weighted by molar-refractivity contribution is 7.89. The van der Waals surface area contributed by atoms with E-state index < -0.39 is 10.0 Å². The van der Waals surface area contributed by atoms with E-state index in [4.69, 9.17) is 5.73 Å². The van der Waals surface area contributed by atoms with Crippen LogP contribution in [-0.4, -0.2) is 34.8 Å². The van der Waals surface area contributed by atoms with Crippen LogP contribution in [0.2, 0.25) is 0 Å². The fourth-order valence-corrected chi connectivity index (χ4v) is 2.72. The Balaban J connectivity index is 2.28. The first kappa shape index (κ1) is 13.4. The third-order valence-corrected chi connectivity index (χ3v) is 4.43. The average Bonchev–Trinajstić information content (AvgIpc) is 2.85. The molecule has 0 spiro atoms. The van der Waals surface area contributed by atoms with E-state index in [0.29, 0.717) is 5.82 Å². The normalized spacial score (nSPS) is 11.9. The molecule has 0 fully saturated rings. The maximum absolute atomic E-state index is 12.3. The average molecular weight is 282 g/mol. The lowest BCUT2D eigenvalue weighted by Gasteiger charge is -2.16. The van der Waals surface area contributed by atoms with Crippen molar-refractivity contribution < 1.29 is 13.5 Å². The number of nitrogen functional groups attached to an aromatic ring is 1. The lowest BCUT2D eigenvalue weighted by atomic mass is 10.3. The molecule has 1 heterocycles. The van der Waals surface area contributed by atoms with Crippen LogP contribution < -0.4 is 5.73 Å². The molecule has 0 unspecified atom stereocenters. The SMILES string of the molecule is CN(Cc1ncc[nH]1)S(=O)(=O)c1ccc(O)c(N)c1. The molecule has 0 atom stereocenters. The Morgan fingerprint density at radius 1 is 1.47 bits per heavy atom. The summed E-state index contributed by atoms with van der Waals surface area (Å²) in [5, 5.41) is 9.31. The molecule has 0 saturated heterocycles. The number of imidazole rings is 1. The highest BCUT2D eigenvalue weighted by Gasteiger charge is 2.22. The van der Waals surface area contributed by atoms with Gasteiger partial charge in [0.05, 0.1) is 17.1 Å². The number of aromatic hydroxyl groups is 1. The summed E-state index contributed by atoms with van der Waals surface area (Å²) in [4.78, 5) is 6.82. The van der Waals surface area contributed by atoms with Crippen molar-refractivity contribution in [1.82, 2.24) is 14.3 Å². The second-order valence-electron chi connectivity index (χ2n) is 4.02. The molecule has 0 saturated carbocycles. The van der Waals surface area contributed by atoms with Gasteiger partial charge in [-0.15, -0.1) is 0 Å². The highest BCUT2D eigenvalue weighted by atomic mass is 32.2. The first-order valence-electron chi connectivity index (χ1n) is 5.44. The number of nitrogens with one attached hydrogen (secondary N) is 1. The van der Waals surface area contributed by atoms with E-state index in [1.807, 2.05) is 0 Å². The number of anilines is 1. The van der Waals surface area contributed by atoms with Crippen LogP contribution in [0.3, 0.4) is 0 Å². The Hall–Kier alpha value is -2.06. The molecule has 0 aliphatic rings. The van der Waals surface area contributed by atoms with Crippen molar-refractivity contribution in [2.45, 2.75) is 11.4 Å². The zero-order valence-corrected chi connectivity index (χ0v) is 11.1. The largest absolute Gasteiger partial charge is 0.506 e. The Morgan fingerprint density at radius 2 is 2.21 bits per heavy atom. The fourth-order valence-electron chi connectivity index (χ4n) is 1.55. The number of aromatic amines is 1. The van der Waals surface area contributed by atoms with Crippen molar-refractivity contribution >= 4 is 15.7 Å². The number of H-pyrrole nitrogens is 1. The predicted octanol–water partition coefficient (Wildman–Crippen LogP) is 0.518. The Morgan fingerprint density at radius 3 is 2.79 bits per heavy atom. The van der Waals surface area contributed by atoms with Gasteiger partial charge in [-0.05, 0) is 18.2 Å². The molecule has 2 rings (SSSR count). The van der Waals surface area contributed by atoms with E-state index in [0.717, 1.165) is 4.31 Å². The fraction of sp³-hybridized carbons (Fsp3) is 0.182. The zero-order valence-electron chi connectivity index (χ0n) is 10.2. The number of hydrogen-bond acceptors (Lipinski definition) is 5. The molecule has 8 heteroatoms. The number of nitrogens with zero attached hydrogens (tertiary/aromatic N) is 2. The molecule has 0 radical (unpaired) electrons. The first-order chi connectivity index (χ1) is 8.91. The summed E-state index contributed by atoms with van der Waals surface area (Å²) in [6, 6.07) is 3.78. The van der Waals surface area contributed by atoms with Gasteiger partial charge < -0.3 is 15.8 Å². The number of sulfonamides is 1. The quantitative estimate of drug-likeness (QED) is 0.559. The molecule has 2 aromatic rings. The van der Waals surface area contributed by atoms with E-state index in [2.05, 4.69) is 9.97 Å². The van der Waals surface area contributed by atoms with Crippen molar-refractivity contribution in [3.63, 3.8) is 0 Å². The van der Waals surface area contributed by atoms with Crippen LogP contribution >= 0.6 is 0 Å². The summed E-state index contributed by atoms with van der Waals surface area (Å²) in [6.45, 7) is 0.121. The Labute approximate surface area is 110 Å². The Bertz CT molecular complexity index is 667. The van der Waals surface area contributed by atoms with Gasteiger partial charge in [0, 0.05) is 19.4 Å². The van der Waals surface area contributed by atoms with Gasteiger partial charge in [0.2, 0.25) is 10.0 Å². The number of hydrogen-bond donors (Lipinski definition) is 3. The number of aromatic nitrogens is 2. The summed E-state index contributed by atoms with van der Waals surface area (Å²) in [5.41, 5.74) is 5.52. The molecular weight excluding hydrogens is 268 g/mol. The van der Waals surface area contributed by atoms with Crippen LogP contribution in [0.1, 0.15) is 5.82 Å². The van der Waals surface area contributed by atoms with Crippen LogP contribution in [0.4, 0.5) is 5.69 Å². The minimum Gasteiger partial charge on any atom is -0.506 e. The molecule has 0 amide bonds. The van der Waals surface area contributed by atoms with E-state index in [9.17, 15) is 13.5 Å². The van der Waals surface area contributed by atoms with Crippen LogP contribution in [0.5, 0.6) is 5.75 Å². The summed E-state index contributed by atoms with van der Waals surface area (Å²) < 4.78 is 25.7. The maximum atomic E-state index is 12.3. The predicted molar refractivity (Wildman–Crippen MR) is 69.8 cm³/mol. The van der Waals surface area contributed by atoms with E-state index >= 15 is 0 Å². The number of nitrogens with two attached hydrogens (primary N) is 1. The van der Waals surface area contributed by atoms with Crippen LogP contribution in [0, 0.1) is 0 Å². The molecule has 1 aromatic heterocycles. The highest BCUT2D eigenvalue weighted by Crippen LogP contribution is 2.25. The molecule has 102 valence electrons. The standard InChI is InChI=1S/C11H14N4O3S/c1-15(7-11-13-4-5-14-11)19(17,18)8-2-3-10(16)9(12)6-8/h2-6,16H,7,12H2,1H3,(H,13,14). The number of phenolic OH excluding ortho intramolecular Hbond substituents is 1. The smallest absolute Gasteiger partial charge is 0.243 e. The summed E-state index contributed by atoms with van der Waals surface area (Å²) in [5.74, 6) is 0.394. The minimum atomic E-state index is -3.67. The van der Waals surface area contributed by atoms with Gasteiger partial charge >= 0.3 is 0 Å². The molecule has 0 aliphatic carbocycles. The van der Waals surface area contributed by atoms with Gasteiger partial charge in [0.15, 0.2) is 0 Å². The number of phenols is 1. The summed E-state index contributed by atoms with van der Waals surface area (Å²) in [6.07, 6.45) is 3.17. The van der Waals surface area contributed by atoms with Crippen molar-refractivity contribution in [2.24, 2.45) is 0 Å².